The summed E-state index contributed by atoms with van der Waals surface area (Å²) in [6, 6.07) is 19.6. The molecule has 0 heterocycles. The summed E-state index contributed by atoms with van der Waals surface area (Å²) in [6.07, 6.45) is 0. The maximum atomic E-state index is 9.03. The number of hydrogen-bond donors (Lipinski definition) is 0. The molecule has 84 valence electrons. The van der Waals surface area contributed by atoms with Gasteiger partial charge in [-0.05, 0) is 0 Å². The number of rotatable bonds is 2. The van der Waals surface area contributed by atoms with Crippen LogP contribution < -0.4 is 7.91 Å². The summed E-state index contributed by atoms with van der Waals surface area (Å²) in [5.74, 6) is 0. The number of nitrogens with zero attached hydrogens (tertiary/aromatic N) is 2. The molecule has 0 saturated carbocycles. The average molecular weight is 399 g/mol. The predicted octanol–water partition coefficient (Wildman–Crippen LogP) is 1.46. The van der Waals surface area contributed by atoms with Crippen LogP contribution in [0.5, 0.6) is 0 Å². The minimum atomic E-state index is -0.483. The van der Waals surface area contributed by atoms with Gasteiger partial charge in [0.1, 0.15) is 0 Å². The van der Waals surface area contributed by atoms with Crippen LogP contribution in [0, 0.1) is 22.7 Å². The van der Waals surface area contributed by atoms with E-state index in [2.05, 4.69) is 12.1 Å². The van der Waals surface area contributed by atoms with Crippen molar-refractivity contribution in [3.63, 3.8) is 0 Å². The molecule has 2 rings (SSSR count). The molecule has 0 aromatic heterocycles. The summed E-state index contributed by atoms with van der Waals surface area (Å²) in [4.78, 5) is 0. The van der Waals surface area contributed by atoms with E-state index in [4.69, 9.17) is 10.5 Å². The molecule has 0 amide bonds. The van der Waals surface area contributed by atoms with Gasteiger partial charge >= 0.3 is 109 Å². The topological polar surface area (TPSA) is 47.6 Å². The van der Waals surface area contributed by atoms with Gasteiger partial charge in [-0.15, -0.1) is 0 Å². The maximum absolute atomic E-state index is 9.03. The van der Waals surface area contributed by atoms with Gasteiger partial charge in [-0.1, -0.05) is 0 Å². The zero-order valence-electron chi connectivity index (χ0n) is 8.83. The van der Waals surface area contributed by atoms with Gasteiger partial charge in [-0.2, -0.15) is 0 Å². The molecule has 0 bridgehead atoms. The van der Waals surface area contributed by atoms with Gasteiger partial charge < -0.3 is 0 Å². The van der Waals surface area contributed by atoms with E-state index in [-0.39, 0.29) is 0 Å². The fourth-order valence-corrected chi connectivity index (χ4v) is 4.02. The Bertz CT molecular complexity index is 565. The average Bonchev–Trinajstić information content (AvgIpc) is 2.40. The van der Waals surface area contributed by atoms with E-state index >= 15 is 0 Å². The summed E-state index contributed by atoms with van der Waals surface area (Å²) >= 11 is -0.483. The predicted molar refractivity (Wildman–Crippen MR) is 61.6 cm³/mol. The summed E-state index contributed by atoms with van der Waals surface area (Å²) in [5.41, 5.74) is 1.43. The third-order valence-corrected chi connectivity index (χ3v) is 5.31. The molecule has 0 fully saturated rings. The van der Waals surface area contributed by atoms with Crippen molar-refractivity contribution in [3.8, 4) is 12.1 Å². The molecular formula is C14H8N2Pt. The molecule has 0 aliphatic heterocycles. The van der Waals surface area contributed by atoms with Gasteiger partial charge in [-0.3, -0.25) is 0 Å². The molecule has 0 radical (unpaired) electrons. The molecule has 0 saturated heterocycles. The second-order valence-corrected chi connectivity index (χ2v) is 6.21. The second-order valence-electron chi connectivity index (χ2n) is 3.20. The van der Waals surface area contributed by atoms with E-state index in [0.29, 0.717) is 11.1 Å². The Morgan fingerprint density at radius 2 is 1.12 bits per heavy atom. The Hall–Kier alpha value is -1.89. The molecule has 0 N–H and O–H groups in total. The van der Waals surface area contributed by atoms with Crippen LogP contribution in [0.2, 0.25) is 0 Å². The van der Waals surface area contributed by atoms with Crippen molar-refractivity contribution in [2.45, 2.75) is 0 Å². The van der Waals surface area contributed by atoms with Crippen LogP contribution in [0.4, 0.5) is 0 Å². The van der Waals surface area contributed by atoms with E-state index in [1.165, 1.54) is 0 Å². The Balaban J connectivity index is 2.40. The van der Waals surface area contributed by atoms with Crippen LogP contribution in [-0.2, 0) is 18.6 Å². The zero-order valence-corrected chi connectivity index (χ0v) is 11.1. The van der Waals surface area contributed by atoms with Crippen molar-refractivity contribution in [2.75, 3.05) is 0 Å². The Kier molecular flexibility index (Phi) is 3.71. The van der Waals surface area contributed by atoms with Crippen molar-refractivity contribution in [3.05, 3.63) is 59.7 Å². The van der Waals surface area contributed by atoms with Gasteiger partial charge in [0.05, 0.1) is 0 Å². The molecule has 0 aliphatic carbocycles. The minimum absolute atomic E-state index is 0.483. The van der Waals surface area contributed by atoms with Crippen LogP contribution in [0.25, 0.3) is 0 Å². The first-order chi connectivity index (χ1) is 8.35. The fourth-order valence-electron chi connectivity index (χ4n) is 1.30. The first-order valence-corrected chi connectivity index (χ1v) is 7.19. The first-order valence-electron chi connectivity index (χ1n) is 4.92. The Labute approximate surface area is 109 Å². The van der Waals surface area contributed by atoms with Crippen LogP contribution in [0.15, 0.2) is 48.5 Å². The third-order valence-electron chi connectivity index (χ3n) is 2.11. The van der Waals surface area contributed by atoms with Crippen LogP contribution >= 0.6 is 0 Å². The molecule has 2 aromatic rings. The van der Waals surface area contributed by atoms with Gasteiger partial charge in [0.15, 0.2) is 0 Å². The van der Waals surface area contributed by atoms with Gasteiger partial charge in [0.25, 0.3) is 0 Å². The number of hydrogen-bond acceptors (Lipinski definition) is 2. The summed E-state index contributed by atoms with van der Waals surface area (Å²) < 4.78 is 2.13. The summed E-state index contributed by atoms with van der Waals surface area (Å²) in [5, 5.41) is 18.1. The number of benzene rings is 2. The second kappa shape index (κ2) is 5.44. The van der Waals surface area contributed by atoms with Gasteiger partial charge in [0.2, 0.25) is 0 Å². The quantitative estimate of drug-likeness (QED) is 0.768. The monoisotopic (exact) mass is 399 g/mol. The van der Waals surface area contributed by atoms with Crippen LogP contribution in [0.3, 0.4) is 0 Å². The van der Waals surface area contributed by atoms with E-state index in [0.717, 1.165) is 7.91 Å². The normalized spacial score (nSPS) is 9.53. The van der Waals surface area contributed by atoms with E-state index in [1.807, 2.05) is 48.5 Å². The molecule has 0 spiro atoms. The third kappa shape index (κ3) is 2.62. The fraction of sp³-hybridized carbons (Fsp3) is 0. The molecule has 17 heavy (non-hydrogen) atoms. The molecule has 0 aliphatic rings. The molecule has 2 aromatic carbocycles. The summed E-state index contributed by atoms with van der Waals surface area (Å²) in [7, 11) is 0. The van der Waals surface area contributed by atoms with Crippen molar-refractivity contribution >= 4 is 7.91 Å². The van der Waals surface area contributed by atoms with Crippen molar-refractivity contribution < 1.29 is 18.6 Å². The first kappa shape index (κ1) is 11.6. The van der Waals surface area contributed by atoms with E-state index < -0.39 is 18.6 Å². The van der Waals surface area contributed by atoms with Crippen LogP contribution in [0.1, 0.15) is 11.1 Å². The number of nitriles is 2. The summed E-state index contributed by atoms with van der Waals surface area (Å²) in [6.45, 7) is 0. The van der Waals surface area contributed by atoms with Gasteiger partial charge in [-0.25, -0.2) is 0 Å². The molecule has 0 atom stereocenters. The van der Waals surface area contributed by atoms with E-state index in [9.17, 15) is 0 Å². The Morgan fingerprint density at radius 3 is 1.53 bits per heavy atom. The van der Waals surface area contributed by atoms with Gasteiger partial charge in [0, 0.05) is 0 Å². The van der Waals surface area contributed by atoms with E-state index in [1.54, 1.807) is 0 Å². The van der Waals surface area contributed by atoms with Crippen molar-refractivity contribution in [1.82, 2.24) is 0 Å². The van der Waals surface area contributed by atoms with Crippen molar-refractivity contribution in [1.29, 1.82) is 10.5 Å². The molecular weight excluding hydrogens is 391 g/mol. The molecule has 3 heteroatoms. The van der Waals surface area contributed by atoms with Crippen LogP contribution in [-0.4, -0.2) is 0 Å². The zero-order chi connectivity index (χ0) is 12.1. The standard InChI is InChI=1S/2C7H4N.Pt/c2*8-6-7-4-2-1-3-5-7;/h2*1-4H;. The molecule has 0 unspecified atom stereocenters. The SMILES string of the molecule is N#Cc1cccc[c]1[Pt][c]1ccccc1C#N. The Morgan fingerprint density at radius 1 is 0.706 bits per heavy atom. The molecule has 2 nitrogen and oxygen atoms in total. The van der Waals surface area contributed by atoms with Crippen molar-refractivity contribution in [2.24, 2.45) is 0 Å².